The van der Waals surface area contributed by atoms with Crippen molar-refractivity contribution in [2.45, 2.75) is 31.9 Å². The summed E-state index contributed by atoms with van der Waals surface area (Å²) >= 11 is 0. The molecule has 0 aromatic carbocycles. The predicted octanol–water partition coefficient (Wildman–Crippen LogP) is 1.43. The average Bonchev–Trinajstić information content (AvgIpc) is 3.03. The second kappa shape index (κ2) is 5.82. The van der Waals surface area contributed by atoms with Gasteiger partial charge in [-0.3, -0.25) is 0 Å². The maximum Gasteiger partial charge on any atom is 0.500 e. The van der Waals surface area contributed by atoms with E-state index in [-0.39, 0.29) is 0 Å². The minimum atomic E-state index is -2.37. The fourth-order valence-electron chi connectivity index (χ4n) is 1.31. The number of ether oxygens (including phenoxy) is 1. The first-order chi connectivity index (χ1) is 6.76. The quantitative estimate of drug-likeness (QED) is 0.458. The molecule has 1 atom stereocenters. The molecule has 0 radical (unpaired) electrons. The van der Waals surface area contributed by atoms with E-state index in [9.17, 15) is 0 Å². The molecular formula is C9H20O4Si. The normalized spacial score (nSPS) is 21.2. The van der Waals surface area contributed by atoms with E-state index in [1.807, 2.05) is 0 Å². The van der Waals surface area contributed by atoms with Gasteiger partial charge in [-0.2, -0.15) is 0 Å². The zero-order valence-electron chi connectivity index (χ0n) is 9.25. The summed E-state index contributed by atoms with van der Waals surface area (Å²) in [6.45, 7) is 3.67. The van der Waals surface area contributed by atoms with Crippen LogP contribution in [0.4, 0.5) is 0 Å². The Morgan fingerprint density at radius 1 is 1.36 bits per heavy atom. The van der Waals surface area contributed by atoms with Crippen molar-refractivity contribution in [2.24, 2.45) is 0 Å². The van der Waals surface area contributed by atoms with Gasteiger partial charge in [0.1, 0.15) is 0 Å². The van der Waals surface area contributed by atoms with Gasteiger partial charge >= 0.3 is 8.80 Å². The van der Waals surface area contributed by atoms with E-state index in [0.717, 1.165) is 25.5 Å². The lowest BCUT2D eigenvalue weighted by Gasteiger charge is -2.25. The van der Waals surface area contributed by atoms with Crippen LogP contribution < -0.4 is 0 Å². The third kappa shape index (κ3) is 3.66. The summed E-state index contributed by atoms with van der Waals surface area (Å²) < 4.78 is 21.7. The van der Waals surface area contributed by atoms with E-state index in [4.69, 9.17) is 18.0 Å². The van der Waals surface area contributed by atoms with Crippen molar-refractivity contribution in [2.75, 3.05) is 27.4 Å². The molecule has 4 nitrogen and oxygen atoms in total. The third-order valence-electron chi connectivity index (χ3n) is 2.32. The van der Waals surface area contributed by atoms with Gasteiger partial charge in [0.15, 0.2) is 0 Å². The van der Waals surface area contributed by atoms with E-state index in [2.05, 4.69) is 6.92 Å². The lowest BCUT2D eigenvalue weighted by Crippen LogP contribution is -2.44. The number of hydrogen-bond acceptors (Lipinski definition) is 4. The Morgan fingerprint density at radius 2 is 2.00 bits per heavy atom. The molecule has 0 saturated carbocycles. The largest absolute Gasteiger partial charge is 0.500 e. The van der Waals surface area contributed by atoms with E-state index >= 15 is 0 Å². The molecule has 0 bridgehead atoms. The molecule has 1 heterocycles. The Morgan fingerprint density at radius 3 is 2.43 bits per heavy atom. The van der Waals surface area contributed by atoms with Gasteiger partial charge < -0.3 is 18.0 Å². The molecule has 0 amide bonds. The summed E-state index contributed by atoms with van der Waals surface area (Å²) in [4.78, 5) is 0. The van der Waals surface area contributed by atoms with Crippen LogP contribution in [0.5, 0.6) is 0 Å². The molecule has 14 heavy (non-hydrogen) atoms. The standard InChI is InChI=1S/C9H20O4Si/c1-4-6-13-14(10-2,11-3)7-5-9-8-12-9/h9H,4-8H2,1-3H3. The maximum absolute atomic E-state index is 5.69. The molecular weight excluding hydrogens is 200 g/mol. The highest BCUT2D eigenvalue weighted by Crippen LogP contribution is 2.23. The van der Waals surface area contributed by atoms with Crippen molar-refractivity contribution in [3.8, 4) is 0 Å². The lowest BCUT2D eigenvalue weighted by atomic mass is 10.4. The molecule has 1 fully saturated rings. The van der Waals surface area contributed by atoms with E-state index in [0.29, 0.717) is 12.7 Å². The van der Waals surface area contributed by atoms with Crippen molar-refractivity contribution in [1.29, 1.82) is 0 Å². The Bertz CT molecular complexity index is 157. The first kappa shape index (κ1) is 12.1. The Labute approximate surface area is 86.9 Å². The number of rotatable bonds is 8. The molecule has 5 heteroatoms. The van der Waals surface area contributed by atoms with Gasteiger partial charge in [0.05, 0.1) is 12.7 Å². The summed E-state index contributed by atoms with van der Waals surface area (Å²) in [5.74, 6) is 0. The van der Waals surface area contributed by atoms with Crippen LogP contribution in [-0.4, -0.2) is 42.3 Å². The Kier molecular flexibility index (Phi) is 5.04. The van der Waals surface area contributed by atoms with E-state index < -0.39 is 8.80 Å². The summed E-state index contributed by atoms with van der Waals surface area (Å²) in [5.41, 5.74) is 0. The number of hydrogen-bond donors (Lipinski definition) is 0. The molecule has 0 N–H and O–H groups in total. The van der Waals surface area contributed by atoms with Crippen molar-refractivity contribution < 1.29 is 18.0 Å². The molecule has 0 spiro atoms. The number of epoxide rings is 1. The summed E-state index contributed by atoms with van der Waals surface area (Å²) in [5, 5.41) is 0. The highest BCUT2D eigenvalue weighted by molar-refractivity contribution is 6.60. The second-order valence-corrected chi connectivity index (χ2v) is 6.40. The van der Waals surface area contributed by atoms with Crippen LogP contribution >= 0.6 is 0 Å². The van der Waals surface area contributed by atoms with Gasteiger partial charge in [-0.15, -0.1) is 0 Å². The zero-order valence-corrected chi connectivity index (χ0v) is 10.2. The van der Waals surface area contributed by atoms with Crippen molar-refractivity contribution in [3.63, 3.8) is 0 Å². The minimum Gasteiger partial charge on any atom is -0.377 e. The fraction of sp³-hybridized carbons (Fsp3) is 1.00. The maximum atomic E-state index is 5.69. The van der Waals surface area contributed by atoms with Crippen molar-refractivity contribution in [1.82, 2.24) is 0 Å². The monoisotopic (exact) mass is 220 g/mol. The molecule has 84 valence electrons. The van der Waals surface area contributed by atoms with E-state index in [1.165, 1.54) is 0 Å². The molecule has 1 aliphatic heterocycles. The second-order valence-electron chi connectivity index (χ2n) is 3.43. The van der Waals surface area contributed by atoms with Crippen LogP contribution in [0.2, 0.25) is 6.04 Å². The third-order valence-corrected chi connectivity index (χ3v) is 5.11. The smallest absolute Gasteiger partial charge is 0.377 e. The molecule has 1 rings (SSSR count). The SMILES string of the molecule is CCCO[Si](CCC1CO1)(OC)OC. The molecule has 0 aliphatic carbocycles. The average molecular weight is 220 g/mol. The van der Waals surface area contributed by atoms with Gasteiger partial charge in [-0.25, -0.2) is 0 Å². The Hall–Kier alpha value is 0.0569. The summed E-state index contributed by atoms with van der Waals surface area (Å²) in [6, 6.07) is 0.852. The summed E-state index contributed by atoms with van der Waals surface area (Å²) in [7, 11) is 0.964. The molecule has 0 aromatic heterocycles. The van der Waals surface area contributed by atoms with E-state index in [1.54, 1.807) is 14.2 Å². The minimum absolute atomic E-state index is 0.414. The highest BCUT2D eigenvalue weighted by Gasteiger charge is 2.40. The molecule has 0 aromatic rings. The van der Waals surface area contributed by atoms with Crippen LogP contribution in [0.25, 0.3) is 0 Å². The van der Waals surface area contributed by atoms with Crippen molar-refractivity contribution in [3.05, 3.63) is 0 Å². The van der Waals surface area contributed by atoms with Crippen LogP contribution in [0.15, 0.2) is 0 Å². The van der Waals surface area contributed by atoms with Crippen molar-refractivity contribution >= 4 is 8.80 Å². The predicted molar refractivity (Wildman–Crippen MR) is 55.2 cm³/mol. The zero-order chi connectivity index (χ0) is 10.4. The van der Waals surface area contributed by atoms with Gasteiger partial charge in [0.2, 0.25) is 0 Å². The molecule has 1 unspecified atom stereocenters. The van der Waals surface area contributed by atoms with Gasteiger partial charge in [-0.1, -0.05) is 6.92 Å². The molecule has 1 saturated heterocycles. The Balaban J connectivity index is 2.31. The van der Waals surface area contributed by atoms with Crippen LogP contribution in [0.1, 0.15) is 19.8 Å². The first-order valence-corrected chi connectivity index (χ1v) is 7.05. The van der Waals surface area contributed by atoms with Crippen LogP contribution in [-0.2, 0) is 18.0 Å². The topological polar surface area (TPSA) is 40.2 Å². The van der Waals surface area contributed by atoms with Gasteiger partial charge in [-0.05, 0) is 12.8 Å². The highest BCUT2D eigenvalue weighted by atomic mass is 28.4. The molecule has 1 aliphatic rings. The van der Waals surface area contributed by atoms with Gasteiger partial charge in [0, 0.05) is 26.9 Å². The van der Waals surface area contributed by atoms with Crippen LogP contribution in [0.3, 0.4) is 0 Å². The first-order valence-electron chi connectivity index (χ1n) is 5.12. The fourth-order valence-corrected chi connectivity index (χ4v) is 3.45. The van der Waals surface area contributed by atoms with Gasteiger partial charge in [0.25, 0.3) is 0 Å². The lowest BCUT2D eigenvalue weighted by molar-refractivity contribution is 0.0970. The van der Waals surface area contributed by atoms with Crippen LogP contribution in [0, 0.1) is 0 Å². The summed E-state index contributed by atoms with van der Waals surface area (Å²) in [6.07, 6.45) is 2.39.